The van der Waals surface area contributed by atoms with Crippen LogP contribution in [0, 0.1) is 10.1 Å². The Bertz CT molecular complexity index is 943. The molecule has 1 heterocycles. The molecule has 1 aliphatic rings. The number of hydrogen-bond acceptors (Lipinski definition) is 7. The number of carbonyl (C=O) groups excluding carboxylic acids is 2. The average Bonchev–Trinajstić information content (AvgIpc) is 3.00. The number of nitro benzene ring substituents is 1. The van der Waals surface area contributed by atoms with Crippen molar-refractivity contribution in [3.63, 3.8) is 0 Å². The van der Waals surface area contributed by atoms with E-state index in [1.807, 2.05) is 0 Å². The van der Waals surface area contributed by atoms with Crippen LogP contribution < -0.4 is 10.1 Å². The zero-order chi connectivity index (χ0) is 20.3. The van der Waals surface area contributed by atoms with Crippen molar-refractivity contribution in [2.75, 3.05) is 26.0 Å². The lowest BCUT2D eigenvalue weighted by Gasteiger charge is -2.14. The second-order valence-corrected chi connectivity index (χ2v) is 6.13. The molecule has 146 valence electrons. The van der Waals surface area contributed by atoms with E-state index in [-0.39, 0.29) is 36.3 Å². The SMILES string of the molecule is CNc1cccc(Oc2ccc3c(c2)CN(CCC(=O)OC)C3=O)c1[N+](=O)[O-]. The van der Waals surface area contributed by atoms with Crippen LogP contribution >= 0.6 is 0 Å². The van der Waals surface area contributed by atoms with Crippen LogP contribution in [-0.2, 0) is 16.1 Å². The van der Waals surface area contributed by atoms with Crippen molar-refractivity contribution in [2.24, 2.45) is 0 Å². The third-order valence-corrected chi connectivity index (χ3v) is 4.45. The highest BCUT2D eigenvalue weighted by Crippen LogP contribution is 2.38. The Morgan fingerprint density at radius 1 is 1.32 bits per heavy atom. The standard InChI is InChI=1S/C19H19N3O6/c1-20-15-4-3-5-16(18(15)22(25)26)28-13-6-7-14-12(10-13)11-21(19(14)24)9-8-17(23)27-2/h3-7,10,20H,8-9,11H2,1-2H3. The Hall–Kier alpha value is -3.62. The van der Waals surface area contributed by atoms with E-state index in [9.17, 15) is 19.7 Å². The lowest BCUT2D eigenvalue weighted by molar-refractivity contribution is -0.384. The third-order valence-electron chi connectivity index (χ3n) is 4.45. The Kier molecular flexibility index (Phi) is 5.44. The van der Waals surface area contributed by atoms with Gasteiger partial charge in [-0.15, -0.1) is 0 Å². The van der Waals surface area contributed by atoms with Gasteiger partial charge in [0.15, 0.2) is 0 Å². The molecule has 0 atom stereocenters. The molecule has 9 heteroatoms. The van der Waals surface area contributed by atoms with E-state index < -0.39 is 4.92 Å². The zero-order valence-electron chi connectivity index (χ0n) is 15.4. The summed E-state index contributed by atoms with van der Waals surface area (Å²) in [5.41, 5.74) is 1.43. The molecule has 3 rings (SSSR count). The summed E-state index contributed by atoms with van der Waals surface area (Å²) in [6.45, 7) is 0.590. The molecule has 2 aromatic rings. The molecule has 0 saturated heterocycles. The summed E-state index contributed by atoms with van der Waals surface area (Å²) in [6, 6.07) is 9.65. The molecule has 1 aliphatic heterocycles. The van der Waals surface area contributed by atoms with Crippen molar-refractivity contribution < 1.29 is 24.0 Å². The number of anilines is 1. The molecule has 0 aromatic heterocycles. The highest BCUT2D eigenvalue weighted by atomic mass is 16.6. The van der Waals surface area contributed by atoms with Crippen molar-refractivity contribution in [1.82, 2.24) is 4.90 Å². The van der Waals surface area contributed by atoms with Crippen LogP contribution in [-0.4, -0.2) is 42.4 Å². The molecule has 28 heavy (non-hydrogen) atoms. The van der Waals surface area contributed by atoms with Crippen LogP contribution in [0.3, 0.4) is 0 Å². The quantitative estimate of drug-likeness (QED) is 0.443. The summed E-state index contributed by atoms with van der Waals surface area (Å²) < 4.78 is 10.3. The monoisotopic (exact) mass is 385 g/mol. The molecule has 1 amide bonds. The number of carbonyl (C=O) groups is 2. The molecule has 0 aliphatic carbocycles. The highest BCUT2D eigenvalue weighted by molar-refractivity contribution is 5.98. The fourth-order valence-corrected chi connectivity index (χ4v) is 3.05. The molecule has 2 aromatic carbocycles. The molecule has 0 unspecified atom stereocenters. The van der Waals surface area contributed by atoms with Crippen molar-refractivity contribution in [3.05, 3.63) is 57.6 Å². The van der Waals surface area contributed by atoms with E-state index in [1.165, 1.54) is 13.2 Å². The van der Waals surface area contributed by atoms with E-state index in [2.05, 4.69) is 10.1 Å². The van der Waals surface area contributed by atoms with Gasteiger partial charge in [-0.2, -0.15) is 0 Å². The maximum Gasteiger partial charge on any atom is 0.334 e. The third kappa shape index (κ3) is 3.73. The topological polar surface area (TPSA) is 111 Å². The second-order valence-electron chi connectivity index (χ2n) is 6.13. The second kappa shape index (κ2) is 7.95. The Balaban J connectivity index is 1.81. The number of nitrogens with zero attached hydrogens (tertiary/aromatic N) is 2. The number of amides is 1. The molecular weight excluding hydrogens is 366 g/mol. The number of hydrogen-bond donors (Lipinski definition) is 1. The summed E-state index contributed by atoms with van der Waals surface area (Å²) in [4.78, 5) is 36.2. The van der Waals surface area contributed by atoms with Crippen molar-refractivity contribution >= 4 is 23.3 Å². The van der Waals surface area contributed by atoms with Crippen molar-refractivity contribution in [1.29, 1.82) is 0 Å². The van der Waals surface area contributed by atoms with Gasteiger partial charge in [-0.05, 0) is 35.9 Å². The summed E-state index contributed by atoms with van der Waals surface area (Å²) in [6.07, 6.45) is 0.114. The number of rotatable bonds is 7. The Morgan fingerprint density at radius 2 is 2.11 bits per heavy atom. The predicted molar refractivity (Wildman–Crippen MR) is 101 cm³/mol. The van der Waals surface area contributed by atoms with Gasteiger partial charge >= 0.3 is 11.7 Å². The largest absolute Gasteiger partial charge is 0.469 e. The molecule has 0 bridgehead atoms. The number of para-hydroxylation sites is 1. The van der Waals surface area contributed by atoms with E-state index in [4.69, 9.17) is 4.74 Å². The molecule has 0 radical (unpaired) electrons. The van der Waals surface area contributed by atoms with Gasteiger partial charge in [0.1, 0.15) is 11.4 Å². The van der Waals surface area contributed by atoms with Crippen LogP contribution in [0.1, 0.15) is 22.3 Å². The normalized spacial score (nSPS) is 12.5. The smallest absolute Gasteiger partial charge is 0.334 e. The molecule has 0 fully saturated rings. The van der Waals surface area contributed by atoms with Crippen LogP contribution in [0.2, 0.25) is 0 Å². The number of nitrogens with one attached hydrogen (secondary N) is 1. The van der Waals surface area contributed by atoms with Crippen molar-refractivity contribution in [2.45, 2.75) is 13.0 Å². The fraction of sp³-hybridized carbons (Fsp3) is 0.263. The first-order valence-corrected chi connectivity index (χ1v) is 8.56. The van der Waals surface area contributed by atoms with Crippen LogP contribution in [0.4, 0.5) is 11.4 Å². The van der Waals surface area contributed by atoms with Crippen molar-refractivity contribution in [3.8, 4) is 11.5 Å². The van der Waals surface area contributed by atoms with Gasteiger partial charge < -0.3 is 19.7 Å². The Labute approximate surface area is 161 Å². The summed E-state index contributed by atoms with van der Waals surface area (Å²) in [5, 5.41) is 14.2. The number of esters is 1. The van der Waals surface area contributed by atoms with Crippen LogP contribution in [0.25, 0.3) is 0 Å². The minimum absolute atomic E-state index is 0.101. The number of nitro groups is 1. The van der Waals surface area contributed by atoms with Gasteiger partial charge in [-0.3, -0.25) is 19.7 Å². The van der Waals surface area contributed by atoms with Gasteiger partial charge in [-0.1, -0.05) is 6.07 Å². The van der Waals surface area contributed by atoms with E-state index in [0.717, 1.165) is 5.56 Å². The fourth-order valence-electron chi connectivity index (χ4n) is 3.05. The highest BCUT2D eigenvalue weighted by Gasteiger charge is 2.28. The van der Waals surface area contributed by atoms with Gasteiger partial charge in [0, 0.05) is 25.7 Å². The minimum Gasteiger partial charge on any atom is -0.469 e. The van der Waals surface area contributed by atoms with E-state index in [1.54, 1.807) is 42.3 Å². The summed E-state index contributed by atoms with van der Waals surface area (Å²) in [7, 11) is 2.89. The lowest BCUT2D eigenvalue weighted by Crippen LogP contribution is -2.26. The molecule has 0 saturated carbocycles. The van der Waals surface area contributed by atoms with Gasteiger partial charge in [0.25, 0.3) is 5.91 Å². The zero-order valence-corrected chi connectivity index (χ0v) is 15.4. The Morgan fingerprint density at radius 3 is 2.79 bits per heavy atom. The number of benzene rings is 2. The molecule has 9 nitrogen and oxygen atoms in total. The number of fused-ring (bicyclic) bond motifs is 1. The average molecular weight is 385 g/mol. The van der Waals surface area contributed by atoms with Gasteiger partial charge in [0.05, 0.1) is 18.5 Å². The predicted octanol–water partition coefficient (Wildman–Crippen LogP) is 2.95. The molecular formula is C19H19N3O6. The van der Waals surface area contributed by atoms with E-state index in [0.29, 0.717) is 23.5 Å². The number of methoxy groups -OCH3 is 1. The number of ether oxygens (including phenoxy) is 2. The molecule has 0 spiro atoms. The minimum atomic E-state index is -0.507. The van der Waals surface area contributed by atoms with Gasteiger partial charge in [0.2, 0.25) is 5.75 Å². The van der Waals surface area contributed by atoms with Crippen LogP contribution in [0.5, 0.6) is 11.5 Å². The lowest BCUT2D eigenvalue weighted by atomic mass is 10.1. The maximum atomic E-state index is 12.4. The maximum absolute atomic E-state index is 12.4. The summed E-state index contributed by atoms with van der Waals surface area (Å²) >= 11 is 0. The summed E-state index contributed by atoms with van der Waals surface area (Å²) in [5.74, 6) is -0.0699. The first kappa shape index (κ1) is 19.2. The van der Waals surface area contributed by atoms with Crippen LogP contribution in [0.15, 0.2) is 36.4 Å². The van der Waals surface area contributed by atoms with Gasteiger partial charge in [-0.25, -0.2) is 0 Å². The van der Waals surface area contributed by atoms with E-state index >= 15 is 0 Å². The first-order valence-electron chi connectivity index (χ1n) is 8.56. The first-order chi connectivity index (χ1) is 13.4. The molecule has 1 N–H and O–H groups in total.